The molecule has 10 heavy (non-hydrogen) atoms. The van der Waals surface area contributed by atoms with Crippen molar-refractivity contribution in [3.05, 3.63) is 0 Å². The summed E-state index contributed by atoms with van der Waals surface area (Å²) in [6.45, 7) is 6.08. The van der Waals surface area contributed by atoms with Crippen LogP contribution in [0, 0.1) is 0 Å². The molecule has 0 aromatic heterocycles. The fourth-order valence-electron chi connectivity index (χ4n) is 1.32. The zero-order chi connectivity index (χ0) is 7.78. The van der Waals surface area contributed by atoms with Crippen molar-refractivity contribution in [2.75, 3.05) is 25.9 Å². The third-order valence-electron chi connectivity index (χ3n) is 1.93. The van der Waals surface area contributed by atoms with Gasteiger partial charge in [-0.15, -0.1) is 0 Å². The predicted molar refractivity (Wildman–Crippen MR) is 44.6 cm³/mol. The van der Waals surface area contributed by atoms with Gasteiger partial charge in [-0.2, -0.15) is 0 Å². The van der Waals surface area contributed by atoms with Crippen LogP contribution < -0.4 is 0 Å². The van der Waals surface area contributed by atoms with E-state index in [0.29, 0.717) is 0 Å². The molecule has 1 fully saturated rings. The van der Waals surface area contributed by atoms with Crippen LogP contribution in [0.5, 0.6) is 0 Å². The first-order valence-electron chi connectivity index (χ1n) is 3.59. The van der Waals surface area contributed by atoms with Crippen molar-refractivity contribution in [1.29, 1.82) is 0 Å². The molecule has 0 saturated carbocycles. The summed E-state index contributed by atoms with van der Waals surface area (Å²) >= 11 is 0. The van der Waals surface area contributed by atoms with Gasteiger partial charge in [0.15, 0.2) is 0 Å². The summed E-state index contributed by atoms with van der Waals surface area (Å²) in [6.07, 6.45) is 0. The Morgan fingerprint density at radius 2 is 2.10 bits per heavy atom. The SMILES string of the molecule is CN1CCS(=O)C(C)(C)C1. The van der Waals surface area contributed by atoms with Crippen molar-refractivity contribution in [2.45, 2.75) is 18.6 Å². The van der Waals surface area contributed by atoms with E-state index in [1.807, 2.05) is 0 Å². The van der Waals surface area contributed by atoms with Crippen molar-refractivity contribution >= 4 is 10.8 Å². The zero-order valence-corrected chi connectivity index (χ0v) is 7.70. The minimum absolute atomic E-state index is 0.00694. The average Bonchev–Trinajstić information content (AvgIpc) is 1.78. The lowest BCUT2D eigenvalue weighted by atomic mass is 10.2. The number of rotatable bonds is 0. The van der Waals surface area contributed by atoms with E-state index in [2.05, 4.69) is 25.8 Å². The largest absolute Gasteiger partial charge is 0.304 e. The molecule has 0 aliphatic carbocycles. The molecular formula is C7H15NOS. The average molecular weight is 161 g/mol. The third-order valence-corrected chi connectivity index (χ3v) is 3.84. The molecule has 0 radical (unpaired) electrons. The van der Waals surface area contributed by atoms with E-state index >= 15 is 0 Å². The third kappa shape index (κ3) is 1.58. The van der Waals surface area contributed by atoms with Crippen molar-refractivity contribution in [1.82, 2.24) is 4.90 Å². The summed E-state index contributed by atoms with van der Waals surface area (Å²) in [5, 5.41) is 0. The maximum absolute atomic E-state index is 11.3. The smallest absolute Gasteiger partial charge is 0.0530 e. The number of nitrogens with zero attached hydrogens (tertiary/aromatic N) is 1. The Morgan fingerprint density at radius 3 is 2.50 bits per heavy atom. The van der Waals surface area contributed by atoms with Crippen molar-refractivity contribution in [3.63, 3.8) is 0 Å². The van der Waals surface area contributed by atoms with Crippen LogP contribution >= 0.6 is 0 Å². The topological polar surface area (TPSA) is 20.3 Å². The summed E-state index contributed by atoms with van der Waals surface area (Å²) in [5.74, 6) is 0.837. The maximum Gasteiger partial charge on any atom is 0.0530 e. The molecule has 60 valence electrons. The lowest BCUT2D eigenvalue weighted by Crippen LogP contribution is -2.48. The summed E-state index contributed by atoms with van der Waals surface area (Å²) < 4.78 is 11.4. The highest BCUT2D eigenvalue weighted by Crippen LogP contribution is 2.18. The molecule has 0 bridgehead atoms. The van der Waals surface area contributed by atoms with Gasteiger partial charge >= 0.3 is 0 Å². The Morgan fingerprint density at radius 1 is 1.50 bits per heavy atom. The second-order valence-corrected chi connectivity index (χ2v) is 5.75. The predicted octanol–water partition coefficient (Wildman–Crippen LogP) is 0.459. The Kier molecular flexibility index (Phi) is 2.15. The van der Waals surface area contributed by atoms with Crippen LogP contribution in [-0.4, -0.2) is 39.7 Å². The van der Waals surface area contributed by atoms with Crippen molar-refractivity contribution in [3.8, 4) is 0 Å². The van der Waals surface area contributed by atoms with E-state index in [0.717, 1.165) is 18.8 Å². The van der Waals surface area contributed by atoms with Crippen LogP contribution in [0.3, 0.4) is 0 Å². The summed E-state index contributed by atoms with van der Waals surface area (Å²) in [7, 11) is 1.47. The first-order chi connectivity index (χ1) is 4.52. The first kappa shape index (κ1) is 8.21. The second-order valence-electron chi connectivity index (χ2n) is 3.55. The van der Waals surface area contributed by atoms with Gasteiger partial charge in [0.2, 0.25) is 0 Å². The van der Waals surface area contributed by atoms with Crippen LogP contribution in [0.2, 0.25) is 0 Å². The molecule has 1 aliphatic rings. The molecule has 1 saturated heterocycles. The molecule has 0 aromatic rings. The highest BCUT2D eigenvalue weighted by Gasteiger charge is 2.31. The van der Waals surface area contributed by atoms with E-state index in [9.17, 15) is 4.21 Å². The maximum atomic E-state index is 11.3. The minimum Gasteiger partial charge on any atom is -0.304 e. The van der Waals surface area contributed by atoms with E-state index < -0.39 is 10.8 Å². The van der Waals surface area contributed by atoms with Gasteiger partial charge in [0.1, 0.15) is 0 Å². The first-order valence-corrected chi connectivity index (χ1v) is 4.91. The molecule has 1 atom stereocenters. The van der Waals surface area contributed by atoms with Gasteiger partial charge in [0, 0.05) is 29.6 Å². The minimum atomic E-state index is -0.613. The molecule has 1 unspecified atom stereocenters. The van der Waals surface area contributed by atoms with Crippen LogP contribution in [0.15, 0.2) is 0 Å². The lowest BCUT2D eigenvalue weighted by molar-refractivity contribution is 0.309. The highest BCUT2D eigenvalue weighted by molar-refractivity contribution is 7.86. The van der Waals surface area contributed by atoms with E-state index in [1.165, 1.54) is 0 Å². The van der Waals surface area contributed by atoms with Gasteiger partial charge in [-0.25, -0.2) is 0 Å². The van der Waals surface area contributed by atoms with Crippen molar-refractivity contribution < 1.29 is 4.21 Å². The molecule has 0 N–H and O–H groups in total. The molecule has 2 nitrogen and oxygen atoms in total. The fraction of sp³-hybridized carbons (Fsp3) is 1.00. The Balaban J connectivity index is 2.63. The standard InChI is InChI=1S/C7H15NOS/c1-7(2)6-8(3)4-5-10(7)9/h4-6H2,1-3H3. The van der Waals surface area contributed by atoms with Crippen LogP contribution in [0.1, 0.15) is 13.8 Å². The molecule has 0 amide bonds. The highest BCUT2D eigenvalue weighted by atomic mass is 32.2. The van der Waals surface area contributed by atoms with Gasteiger partial charge < -0.3 is 4.90 Å². The molecular weight excluding hydrogens is 146 g/mol. The Hall–Kier alpha value is 0.110. The van der Waals surface area contributed by atoms with Gasteiger partial charge in [-0.1, -0.05) is 0 Å². The summed E-state index contributed by atoms with van der Waals surface area (Å²) in [6, 6.07) is 0. The Bertz CT molecular complexity index is 156. The second kappa shape index (κ2) is 2.62. The van der Waals surface area contributed by atoms with Gasteiger partial charge in [-0.3, -0.25) is 4.21 Å². The lowest BCUT2D eigenvalue weighted by Gasteiger charge is -2.34. The number of hydrogen-bond donors (Lipinski definition) is 0. The molecule has 3 heteroatoms. The van der Waals surface area contributed by atoms with Crippen LogP contribution in [0.4, 0.5) is 0 Å². The molecule has 1 aliphatic heterocycles. The van der Waals surface area contributed by atoms with Gasteiger partial charge in [0.05, 0.1) is 4.75 Å². The van der Waals surface area contributed by atoms with Crippen LogP contribution in [-0.2, 0) is 10.8 Å². The Labute approximate surface area is 65.1 Å². The quantitative estimate of drug-likeness (QED) is 0.514. The monoisotopic (exact) mass is 161 g/mol. The van der Waals surface area contributed by atoms with E-state index in [-0.39, 0.29) is 4.75 Å². The molecule has 0 spiro atoms. The molecule has 1 rings (SSSR count). The molecule has 0 aromatic carbocycles. The van der Waals surface area contributed by atoms with Crippen molar-refractivity contribution in [2.24, 2.45) is 0 Å². The van der Waals surface area contributed by atoms with Gasteiger partial charge in [-0.05, 0) is 20.9 Å². The van der Waals surface area contributed by atoms with E-state index in [1.54, 1.807) is 0 Å². The van der Waals surface area contributed by atoms with E-state index in [4.69, 9.17) is 0 Å². The summed E-state index contributed by atoms with van der Waals surface area (Å²) in [5.41, 5.74) is 0. The molecule has 1 heterocycles. The van der Waals surface area contributed by atoms with Crippen LogP contribution in [0.25, 0.3) is 0 Å². The fourth-order valence-corrected chi connectivity index (χ4v) is 2.71. The van der Waals surface area contributed by atoms with Gasteiger partial charge in [0.25, 0.3) is 0 Å². The normalized spacial score (nSPS) is 34.1. The number of hydrogen-bond acceptors (Lipinski definition) is 2. The summed E-state index contributed by atoms with van der Waals surface area (Å²) in [4.78, 5) is 2.24. The zero-order valence-electron chi connectivity index (χ0n) is 6.89.